The first-order valence-electron chi connectivity index (χ1n) is 3.23. The molecule has 0 saturated heterocycles. The molecule has 0 radical (unpaired) electrons. The molecule has 1 aliphatic rings. The van der Waals surface area contributed by atoms with Gasteiger partial charge in [0.1, 0.15) is 11.4 Å². The Bertz CT molecular complexity index is 186. The van der Waals surface area contributed by atoms with Crippen molar-refractivity contribution in [2.24, 2.45) is 16.2 Å². The lowest BCUT2D eigenvalue weighted by atomic mass is 10.1. The molecule has 56 valence electrons. The van der Waals surface area contributed by atoms with Gasteiger partial charge in [0, 0.05) is 5.92 Å². The highest BCUT2D eigenvalue weighted by Crippen LogP contribution is 2.19. The topological polar surface area (TPSA) is 65.2 Å². The van der Waals surface area contributed by atoms with E-state index in [-0.39, 0.29) is 5.92 Å². The molecule has 0 aromatic heterocycles. The number of rotatable bonds is 0. The van der Waals surface area contributed by atoms with Crippen LogP contribution in [0.1, 0.15) is 19.8 Å². The third-order valence-corrected chi connectivity index (χ3v) is 1.81. The van der Waals surface area contributed by atoms with Gasteiger partial charge in [-0.25, -0.2) is 0 Å². The maximum absolute atomic E-state index is 8.43. The predicted octanol–water partition coefficient (Wildman–Crippen LogP) is 1.08. The van der Waals surface area contributed by atoms with E-state index in [9.17, 15) is 0 Å². The van der Waals surface area contributed by atoms with Gasteiger partial charge in [0.15, 0.2) is 0 Å². The molecule has 1 rings (SSSR count). The fraction of sp³-hybridized carbons (Fsp3) is 0.667. The second kappa shape index (κ2) is 2.68. The molecule has 0 aliphatic heterocycles. The molecule has 0 heterocycles. The van der Waals surface area contributed by atoms with Crippen LogP contribution in [0.2, 0.25) is 0 Å². The van der Waals surface area contributed by atoms with Crippen LogP contribution >= 0.6 is 0 Å². The predicted molar refractivity (Wildman–Crippen MR) is 36.8 cm³/mol. The van der Waals surface area contributed by atoms with Crippen LogP contribution in [-0.2, 0) is 0 Å². The summed E-state index contributed by atoms with van der Waals surface area (Å²) < 4.78 is 0. The van der Waals surface area contributed by atoms with Crippen molar-refractivity contribution in [3.63, 3.8) is 0 Å². The van der Waals surface area contributed by atoms with Gasteiger partial charge in [-0.05, 0) is 12.8 Å². The molecule has 0 aromatic carbocycles. The van der Waals surface area contributed by atoms with E-state index < -0.39 is 0 Å². The van der Waals surface area contributed by atoms with Crippen molar-refractivity contribution in [1.29, 1.82) is 0 Å². The first kappa shape index (κ1) is 7.05. The third kappa shape index (κ3) is 0.964. The van der Waals surface area contributed by atoms with Gasteiger partial charge in [-0.1, -0.05) is 17.2 Å². The summed E-state index contributed by atoms with van der Waals surface area (Å²) in [5, 5.41) is 22.9. The summed E-state index contributed by atoms with van der Waals surface area (Å²) in [6.07, 6.45) is 1.61. The monoisotopic (exact) mass is 142 g/mol. The van der Waals surface area contributed by atoms with Crippen molar-refractivity contribution in [2.45, 2.75) is 19.8 Å². The highest BCUT2D eigenvalue weighted by atomic mass is 16.4. The minimum atomic E-state index is 0.218. The second-order valence-corrected chi connectivity index (χ2v) is 2.47. The van der Waals surface area contributed by atoms with Gasteiger partial charge in [0.25, 0.3) is 0 Å². The van der Waals surface area contributed by atoms with Crippen molar-refractivity contribution in [3.05, 3.63) is 0 Å². The average molecular weight is 142 g/mol. The van der Waals surface area contributed by atoms with E-state index in [4.69, 9.17) is 10.4 Å². The molecule has 4 heteroatoms. The zero-order valence-corrected chi connectivity index (χ0v) is 5.78. The first-order chi connectivity index (χ1) is 4.79. The zero-order chi connectivity index (χ0) is 7.56. The lowest BCUT2D eigenvalue weighted by molar-refractivity contribution is 0.313. The van der Waals surface area contributed by atoms with E-state index in [0.717, 1.165) is 6.42 Å². The first-order valence-corrected chi connectivity index (χ1v) is 3.23. The van der Waals surface area contributed by atoms with Crippen LogP contribution in [0.25, 0.3) is 0 Å². The molecular formula is C6H10N2O2. The van der Waals surface area contributed by atoms with Gasteiger partial charge < -0.3 is 10.4 Å². The van der Waals surface area contributed by atoms with Crippen LogP contribution < -0.4 is 0 Å². The number of hydrogen-bond acceptors (Lipinski definition) is 4. The van der Waals surface area contributed by atoms with Crippen molar-refractivity contribution < 1.29 is 10.4 Å². The fourth-order valence-corrected chi connectivity index (χ4v) is 1.16. The molecule has 10 heavy (non-hydrogen) atoms. The Morgan fingerprint density at radius 1 is 1.40 bits per heavy atom. The van der Waals surface area contributed by atoms with Gasteiger partial charge in [-0.15, -0.1) is 0 Å². The van der Waals surface area contributed by atoms with E-state index >= 15 is 0 Å². The maximum Gasteiger partial charge on any atom is 0.107 e. The standard InChI is InChI=1S/C6H10N2O2/c1-4-2-3-5(7-9)6(4)8-10/h4,9-10H,2-3H2,1H3/b7-5-,8-6-. The van der Waals surface area contributed by atoms with Crippen molar-refractivity contribution in [3.8, 4) is 0 Å². The van der Waals surface area contributed by atoms with E-state index in [1.165, 1.54) is 0 Å². The summed E-state index contributed by atoms with van der Waals surface area (Å²) in [4.78, 5) is 0. The SMILES string of the molecule is CC1CCC(=N/O)/C1=N\O. The maximum atomic E-state index is 8.43. The van der Waals surface area contributed by atoms with E-state index in [1.807, 2.05) is 6.92 Å². The van der Waals surface area contributed by atoms with E-state index in [1.54, 1.807) is 0 Å². The highest BCUT2D eigenvalue weighted by Gasteiger charge is 2.25. The van der Waals surface area contributed by atoms with Crippen molar-refractivity contribution in [2.75, 3.05) is 0 Å². The minimum absolute atomic E-state index is 0.218. The Balaban J connectivity index is 2.84. The largest absolute Gasteiger partial charge is 0.411 e. The van der Waals surface area contributed by atoms with Crippen molar-refractivity contribution in [1.82, 2.24) is 0 Å². The summed E-state index contributed by atoms with van der Waals surface area (Å²) in [6, 6.07) is 0. The zero-order valence-electron chi connectivity index (χ0n) is 5.78. The molecule has 0 aromatic rings. The Kier molecular flexibility index (Phi) is 1.89. The molecule has 1 fully saturated rings. The number of oxime groups is 2. The summed E-state index contributed by atoms with van der Waals surface area (Å²) in [5.74, 6) is 0.218. The van der Waals surface area contributed by atoms with Crippen LogP contribution in [-0.4, -0.2) is 21.8 Å². The minimum Gasteiger partial charge on any atom is -0.411 e. The molecule has 0 spiro atoms. The van der Waals surface area contributed by atoms with Gasteiger partial charge in [0.2, 0.25) is 0 Å². The summed E-state index contributed by atoms with van der Waals surface area (Å²) in [5.41, 5.74) is 1.03. The second-order valence-electron chi connectivity index (χ2n) is 2.47. The van der Waals surface area contributed by atoms with Gasteiger partial charge in [0.05, 0.1) is 0 Å². The van der Waals surface area contributed by atoms with Crippen LogP contribution in [0.15, 0.2) is 10.3 Å². The van der Waals surface area contributed by atoms with Crippen LogP contribution in [0, 0.1) is 5.92 Å². The van der Waals surface area contributed by atoms with Crippen LogP contribution in [0.4, 0.5) is 0 Å². The van der Waals surface area contributed by atoms with Crippen molar-refractivity contribution >= 4 is 11.4 Å². The molecule has 0 amide bonds. The Hall–Kier alpha value is -1.06. The molecule has 2 N–H and O–H groups in total. The molecular weight excluding hydrogens is 132 g/mol. The lowest BCUT2D eigenvalue weighted by Crippen LogP contribution is -2.11. The number of nitrogens with zero attached hydrogens (tertiary/aromatic N) is 2. The quantitative estimate of drug-likeness (QED) is 0.392. The molecule has 1 unspecified atom stereocenters. The fourth-order valence-electron chi connectivity index (χ4n) is 1.16. The number of hydrogen-bond donors (Lipinski definition) is 2. The van der Waals surface area contributed by atoms with Gasteiger partial charge in [-0.3, -0.25) is 0 Å². The van der Waals surface area contributed by atoms with Gasteiger partial charge >= 0.3 is 0 Å². The van der Waals surface area contributed by atoms with E-state index in [0.29, 0.717) is 17.8 Å². The van der Waals surface area contributed by atoms with Crippen LogP contribution in [0.3, 0.4) is 0 Å². The van der Waals surface area contributed by atoms with Crippen LogP contribution in [0.5, 0.6) is 0 Å². The molecule has 1 atom stereocenters. The smallest absolute Gasteiger partial charge is 0.107 e. The Labute approximate surface area is 58.8 Å². The molecule has 0 bridgehead atoms. The van der Waals surface area contributed by atoms with Gasteiger partial charge in [-0.2, -0.15) is 0 Å². The highest BCUT2D eigenvalue weighted by molar-refractivity contribution is 6.44. The summed E-state index contributed by atoms with van der Waals surface area (Å²) in [6.45, 7) is 1.94. The normalized spacial score (nSPS) is 33.9. The molecule has 4 nitrogen and oxygen atoms in total. The Morgan fingerprint density at radius 3 is 2.50 bits per heavy atom. The average Bonchev–Trinajstić information content (AvgIpc) is 2.30. The molecule has 1 saturated carbocycles. The Morgan fingerprint density at radius 2 is 2.10 bits per heavy atom. The lowest BCUT2D eigenvalue weighted by Gasteiger charge is -1.97. The summed E-state index contributed by atoms with van der Waals surface area (Å²) >= 11 is 0. The summed E-state index contributed by atoms with van der Waals surface area (Å²) in [7, 11) is 0. The third-order valence-electron chi connectivity index (χ3n) is 1.81. The van der Waals surface area contributed by atoms with E-state index in [2.05, 4.69) is 10.3 Å². The molecule has 1 aliphatic carbocycles.